The van der Waals surface area contributed by atoms with Crippen LogP contribution in [0.1, 0.15) is 52.4 Å². The van der Waals surface area contributed by atoms with Crippen LogP contribution in [0.4, 0.5) is 4.79 Å². The molecule has 1 aliphatic rings. The van der Waals surface area contributed by atoms with Gasteiger partial charge in [-0.05, 0) is 25.2 Å². The fraction of sp³-hybridized carbons (Fsp3) is 0.867. The molecule has 1 saturated carbocycles. The minimum Gasteiger partial charge on any atom is -0.480 e. The Morgan fingerprint density at radius 1 is 1.24 bits per heavy atom. The molecule has 0 aromatic rings. The summed E-state index contributed by atoms with van der Waals surface area (Å²) in [6.07, 6.45) is 5.59. The summed E-state index contributed by atoms with van der Waals surface area (Å²) >= 11 is 0. The largest absolute Gasteiger partial charge is 0.480 e. The van der Waals surface area contributed by atoms with Gasteiger partial charge in [-0.3, -0.25) is 0 Å². The fourth-order valence-corrected chi connectivity index (χ4v) is 2.88. The van der Waals surface area contributed by atoms with Gasteiger partial charge in [0.1, 0.15) is 6.04 Å². The zero-order chi connectivity index (χ0) is 15.8. The average molecular weight is 300 g/mol. The molecular weight excluding hydrogens is 272 g/mol. The highest BCUT2D eigenvalue weighted by atomic mass is 16.4. The number of carboxylic acids is 1. The van der Waals surface area contributed by atoms with Crippen molar-refractivity contribution in [2.75, 3.05) is 13.2 Å². The molecule has 0 radical (unpaired) electrons. The maximum absolute atomic E-state index is 12.4. The van der Waals surface area contributed by atoms with Crippen LogP contribution in [-0.4, -0.2) is 52.3 Å². The first-order valence-electron chi connectivity index (χ1n) is 7.86. The summed E-state index contributed by atoms with van der Waals surface area (Å²) in [6, 6.07) is -1.13. The van der Waals surface area contributed by atoms with E-state index in [1.807, 2.05) is 13.8 Å². The van der Waals surface area contributed by atoms with E-state index in [0.717, 1.165) is 25.7 Å². The lowest BCUT2D eigenvalue weighted by Gasteiger charge is -2.34. The van der Waals surface area contributed by atoms with Crippen LogP contribution in [0.15, 0.2) is 0 Å². The molecule has 1 aliphatic carbocycles. The Hall–Kier alpha value is -1.30. The lowest BCUT2D eigenvalue weighted by Crippen LogP contribution is -2.52. The molecule has 0 spiro atoms. The molecular formula is C15H28N2O4. The highest BCUT2D eigenvalue weighted by Gasteiger charge is 2.28. The summed E-state index contributed by atoms with van der Waals surface area (Å²) in [4.78, 5) is 25.2. The van der Waals surface area contributed by atoms with Gasteiger partial charge in [0.2, 0.25) is 0 Å². The molecule has 0 aliphatic heterocycles. The number of aliphatic hydroxyl groups excluding tert-OH is 1. The zero-order valence-electron chi connectivity index (χ0n) is 13.0. The summed E-state index contributed by atoms with van der Waals surface area (Å²) in [5.41, 5.74) is 0. The number of nitrogens with one attached hydrogen (secondary N) is 1. The van der Waals surface area contributed by atoms with Crippen LogP contribution in [0.2, 0.25) is 0 Å². The second-order valence-corrected chi connectivity index (χ2v) is 6.18. The molecule has 0 bridgehead atoms. The van der Waals surface area contributed by atoms with Crippen molar-refractivity contribution in [2.45, 2.75) is 64.5 Å². The van der Waals surface area contributed by atoms with Crippen molar-refractivity contribution in [2.24, 2.45) is 5.92 Å². The van der Waals surface area contributed by atoms with Gasteiger partial charge in [-0.1, -0.05) is 33.1 Å². The first-order valence-corrected chi connectivity index (χ1v) is 7.86. The molecule has 0 heterocycles. The van der Waals surface area contributed by atoms with Gasteiger partial charge in [-0.15, -0.1) is 0 Å². The molecule has 3 N–H and O–H groups in total. The molecule has 0 saturated heterocycles. The Morgan fingerprint density at radius 3 is 2.33 bits per heavy atom. The van der Waals surface area contributed by atoms with Crippen LogP contribution in [0.25, 0.3) is 0 Å². The number of aliphatic hydroxyl groups is 1. The third-order valence-electron chi connectivity index (χ3n) is 3.92. The second-order valence-electron chi connectivity index (χ2n) is 6.18. The van der Waals surface area contributed by atoms with Crippen LogP contribution < -0.4 is 5.32 Å². The molecule has 21 heavy (non-hydrogen) atoms. The van der Waals surface area contributed by atoms with Crippen LogP contribution in [0.5, 0.6) is 0 Å². The van der Waals surface area contributed by atoms with Crippen molar-refractivity contribution in [1.29, 1.82) is 0 Å². The summed E-state index contributed by atoms with van der Waals surface area (Å²) in [6.45, 7) is 4.00. The molecule has 2 amide bonds. The average Bonchev–Trinajstić information content (AvgIpc) is 2.44. The van der Waals surface area contributed by atoms with Crippen molar-refractivity contribution in [3.63, 3.8) is 0 Å². The van der Waals surface area contributed by atoms with Gasteiger partial charge in [-0.2, -0.15) is 0 Å². The Balaban J connectivity index is 2.67. The molecule has 0 aromatic heterocycles. The molecule has 6 nitrogen and oxygen atoms in total. The maximum atomic E-state index is 12.4. The van der Waals surface area contributed by atoms with Gasteiger partial charge in [0.25, 0.3) is 0 Å². The number of amides is 2. The molecule has 0 aromatic carbocycles. The fourth-order valence-electron chi connectivity index (χ4n) is 2.88. The van der Waals surface area contributed by atoms with Crippen LogP contribution in [-0.2, 0) is 4.79 Å². The number of carbonyl (C=O) groups excluding carboxylic acids is 1. The summed E-state index contributed by atoms with van der Waals surface area (Å²) in [5.74, 6) is -0.822. The van der Waals surface area contributed by atoms with E-state index in [2.05, 4.69) is 5.32 Å². The van der Waals surface area contributed by atoms with E-state index < -0.39 is 12.0 Å². The van der Waals surface area contributed by atoms with Gasteiger partial charge < -0.3 is 20.4 Å². The molecule has 1 atom stereocenters. The number of nitrogens with zero attached hydrogens (tertiary/aromatic N) is 1. The lowest BCUT2D eigenvalue weighted by molar-refractivity contribution is -0.139. The third-order valence-corrected chi connectivity index (χ3v) is 3.92. The standard InChI is InChI=1S/C15H28N2O4/c1-11(2)10-13(14(19)20)16-15(21)17(8-9-18)12-6-4-3-5-7-12/h11-13,18H,3-10H2,1-2H3,(H,16,21)(H,19,20)/t13-/m1/s1. The van der Waals surface area contributed by atoms with E-state index in [9.17, 15) is 14.7 Å². The number of rotatable bonds is 7. The van der Waals surface area contributed by atoms with E-state index >= 15 is 0 Å². The SMILES string of the molecule is CC(C)C[C@@H](NC(=O)N(CCO)C1CCCCC1)C(=O)O. The Morgan fingerprint density at radius 2 is 1.86 bits per heavy atom. The lowest BCUT2D eigenvalue weighted by atomic mass is 9.94. The summed E-state index contributed by atoms with van der Waals surface area (Å²) in [5, 5.41) is 21.0. The van der Waals surface area contributed by atoms with Crippen LogP contribution >= 0.6 is 0 Å². The monoisotopic (exact) mass is 300 g/mol. The molecule has 0 unspecified atom stereocenters. The van der Waals surface area contributed by atoms with Gasteiger partial charge in [0.15, 0.2) is 0 Å². The second kappa shape index (κ2) is 8.87. The highest BCUT2D eigenvalue weighted by Crippen LogP contribution is 2.22. The van der Waals surface area contributed by atoms with E-state index in [0.29, 0.717) is 6.42 Å². The maximum Gasteiger partial charge on any atom is 0.326 e. The zero-order valence-corrected chi connectivity index (χ0v) is 13.0. The smallest absolute Gasteiger partial charge is 0.326 e. The number of urea groups is 1. The Labute approximate surface area is 126 Å². The van der Waals surface area contributed by atoms with Gasteiger partial charge >= 0.3 is 12.0 Å². The van der Waals surface area contributed by atoms with E-state index in [1.54, 1.807) is 4.90 Å². The Kier molecular flexibility index (Phi) is 7.50. The van der Waals surface area contributed by atoms with Gasteiger partial charge in [0.05, 0.1) is 6.61 Å². The molecule has 122 valence electrons. The van der Waals surface area contributed by atoms with Gasteiger partial charge in [0, 0.05) is 12.6 Å². The third kappa shape index (κ3) is 5.91. The van der Waals surface area contributed by atoms with E-state index in [4.69, 9.17) is 5.11 Å². The topological polar surface area (TPSA) is 89.9 Å². The predicted molar refractivity (Wildman–Crippen MR) is 80.1 cm³/mol. The minimum absolute atomic E-state index is 0.105. The summed E-state index contributed by atoms with van der Waals surface area (Å²) in [7, 11) is 0. The van der Waals surface area contributed by atoms with E-state index in [-0.39, 0.29) is 31.1 Å². The predicted octanol–water partition coefficient (Wildman–Crippen LogP) is 1.82. The van der Waals surface area contributed by atoms with Crippen LogP contribution in [0, 0.1) is 5.92 Å². The van der Waals surface area contributed by atoms with Gasteiger partial charge in [-0.25, -0.2) is 9.59 Å². The Bertz CT molecular complexity index is 341. The van der Waals surface area contributed by atoms with Crippen molar-refractivity contribution in [3.8, 4) is 0 Å². The van der Waals surface area contributed by atoms with Crippen molar-refractivity contribution >= 4 is 12.0 Å². The number of carboxylic acid groups (broad SMARTS) is 1. The molecule has 6 heteroatoms. The van der Waals surface area contributed by atoms with E-state index in [1.165, 1.54) is 6.42 Å². The quantitative estimate of drug-likeness (QED) is 0.669. The molecule has 1 fully saturated rings. The number of carbonyl (C=O) groups is 2. The number of hydrogen-bond acceptors (Lipinski definition) is 3. The normalized spacial score (nSPS) is 17.5. The summed E-state index contributed by atoms with van der Waals surface area (Å²) < 4.78 is 0. The highest BCUT2D eigenvalue weighted by molar-refractivity contribution is 5.82. The first-order chi connectivity index (χ1) is 9.95. The van der Waals surface area contributed by atoms with Crippen molar-refractivity contribution in [1.82, 2.24) is 10.2 Å². The minimum atomic E-state index is -1.01. The van der Waals surface area contributed by atoms with Crippen molar-refractivity contribution in [3.05, 3.63) is 0 Å². The number of hydrogen-bond donors (Lipinski definition) is 3. The molecule has 1 rings (SSSR count). The van der Waals surface area contributed by atoms with Crippen molar-refractivity contribution < 1.29 is 19.8 Å². The number of aliphatic carboxylic acids is 1. The van der Waals surface area contributed by atoms with Crippen LogP contribution in [0.3, 0.4) is 0 Å². The first kappa shape index (κ1) is 17.8.